The number of aliphatic hydroxyl groups is 1. The average Bonchev–Trinajstić information content (AvgIpc) is 3.82. The first-order chi connectivity index (χ1) is 36.9. The Morgan fingerprint density at radius 1 is 0.566 bits per heavy atom. The van der Waals surface area contributed by atoms with E-state index in [1.807, 2.05) is 24.3 Å². The highest BCUT2D eigenvalue weighted by molar-refractivity contribution is 6.28. The predicted molar refractivity (Wildman–Crippen MR) is 329 cm³/mol. The Bertz CT molecular complexity index is 4130. The van der Waals surface area contributed by atoms with Gasteiger partial charge in [0.15, 0.2) is 5.58 Å². The molecule has 0 aliphatic carbocycles. The van der Waals surface area contributed by atoms with E-state index in [0.717, 1.165) is 67.9 Å². The summed E-state index contributed by atoms with van der Waals surface area (Å²) in [5, 5.41) is 23.1. The summed E-state index contributed by atoms with van der Waals surface area (Å²) in [6.45, 7) is 22.2. The van der Waals surface area contributed by atoms with Crippen molar-refractivity contribution in [1.82, 2.24) is 0 Å². The van der Waals surface area contributed by atoms with Crippen molar-refractivity contribution in [2.24, 2.45) is 0 Å². The summed E-state index contributed by atoms with van der Waals surface area (Å²) in [5.74, 6) is 0.243. The van der Waals surface area contributed by atoms with Crippen molar-refractivity contribution in [3.8, 4) is 11.1 Å². The van der Waals surface area contributed by atoms with Gasteiger partial charge in [-0.15, -0.1) is 0 Å². The quantitative estimate of drug-likeness (QED) is 0.0687. The van der Waals surface area contributed by atoms with Crippen molar-refractivity contribution in [3.63, 3.8) is 0 Å². The molecule has 374 valence electrons. The van der Waals surface area contributed by atoms with Gasteiger partial charge in [0.2, 0.25) is 0 Å². The van der Waals surface area contributed by atoms with Crippen LogP contribution in [0.5, 0.6) is 0 Å². The molecule has 0 atom stereocenters. The zero-order valence-electron chi connectivity index (χ0n) is 44.6. The van der Waals surface area contributed by atoms with Crippen LogP contribution in [0.4, 0.5) is 28.4 Å². The van der Waals surface area contributed by atoms with E-state index in [1.54, 1.807) is 25.2 Å². The van der Waals surface area contributed by atoms with Crippen LogP contribution >= 0.6 is 0 Å². The molecule has 10 aromatic carbocycles. The molecule has 0 amide bonds. The fourth-order valence-corrected chi connectivity index (χ4v) is 10.8. The van der Waals surface area contributed by atoms with E-state index in [2.05, 4.69) is 235 Å². The molecular weight excluding hydrogens is 925 g/mol. The summed E-state index contributed by atoms with van der Waals surface area (Å²) in [6, 6.07) is 63.5. The molecule has 0 fully saturated rings. The van der Waals surface area contributed by atoms with Gasteiger partial charge in [0.25, 0.3) is 0 Å². The highest BCUT2D eigenvalue weighted by Crippen LogP contribution is 2.49. The van der Waals surface area contributed by atoms with Crippen molar-refractivity contribution in [1.29, 1.82) is 0 Å². The van der Waals surface area contributed by atoms with Crippen molar-refractivity contribution in [2.45, 2.75) is 54.9 Å². The molecule has 4 heteroatoms. The summed E-state index contributed by atoms with van der Waals surface area (Å²) in [6.07, 6.45) is 12.1. The van der Waals surface area contributed by atoms with Crippen LogP contribution in [0.1, 0.15) is 54.2 Å². The van der Waals surface area contributed by atoms with Crippen molar-refractivity contribution < 1.29 is 9.52 Å². The van der Waals surface area contributed by atoms with Crippen LogP contribution in [0.25, 0.3) is 71.0 Å². The molecule has 1 aromatic heterocycles. The second-order valence-electron chi connectivity index (χ2n) is 19.8. The molecule has 0 aliphatic heterocycles. The van der Waals surface area contributed by atoms with Crippen LogP contribution in [-0.4, -0.2) is 5.11 Å². The summed E-state index contributed by atoms with van der Waals surface area (Å²) in [5.41, 5.74) is 19.8. The van der Waals surface area contributed by atoms with E-state index in [4.69, 9.17) is 4.42 Å². The van der Waals surface area contributed by atoms with Gasteiger partial charge in [-0.3, -0.25) is 0 Å². The minimum atomic E-state index is 0.243. The molecule has 4 nitrogen and oxygen atoms in total. The Hall–Kier alpha value is -9.12. The molecule has 0 radical (unpaired) electrons. The predicted octanol–water partition coefficient (Wildman–Crippen LogP) is 20.9. The molecular formula is C72H64N2O2. The molecule has 0 unspecified atom stereocenters. The van der Waals surface area contributed by atoms with Crippen LogP contribution in [0.15, 0.2) is 247 Å². The number of allylic oxidation sites excluding steroid dienone is 10. The Morgan fingerprint density at radius 3 is 1.95 bits per heavy atom. The number of benzene rings is 10. The van der Waals surface area contributed by atoms with Gasteiger partial charge >= 0.3 is 0 Å². The Labute approximate surface area is 447 Å². The second kappa shape index (κ2) is 21.8. The molecule has 0 saturated carbocycles. The number of nitrogens with zero attached hydrogens (tertiary/aromatic N) is 1. The zero-order chi connectivity index (χ0) is 53.0. The number of para-hydroxylation sites is 3. The molecule has 0 saturated heterocycles. The normalized spacial score (nSPS) is 12.3. The number of aryl methyl sites for hydroxylation is 5. The number of rotatable bonds is 13. The number of fused-ring (bicyclic) bond motifs is 3. The highest BCUT2D eigenvalue weighted by Gasteiger charge is 2.25. The van der Waals surface area contributed by atoms with Gasteiger partial charge in [-0.25, -0.2) is 0 Å². The summed E-state index contributed by atoms with van der Waals surface area (Å²) >= 11 is 0. The van der Waals surface area contributed by atoms with Crippen molar-refractivity contribution in [3.05, 3.63) is 276 Å². The Morgan fingerprint density at radius 2 is 1.21 bits per heavy atom. The lowest BCUT2D eigenvalue weighted by Gasteiger charge is -2.29. The first-order valence-electron chi connectivity index (χ1n) is 26.2. The first kappa shape index (κ1) is 50.4. The van der Waals surface area contributed by atoms with E-state index in [-0.39, 0.29) is 5.76 Å². The number of furan rings is 1. The van der Waals surface area contributed by atoms with E-state index in [9.17, 15) is 5.11 Å². The largest absolute Gasteiger partial charge is 0.512 e. The lowest BCUT2D eigenvalue weighted by Crippen LogP contribution is -2.12. The zero-order valence-corrected chi connectivity index (χ0v) is 44.6. The number of nitrogens with one attached hydrogen (secondary N) is 1. The van der Waals surface area contributed by atoms with Crippen molar-refractivity contribution in [2.75, 3.05) is 10.2 Å². The van der Waals surface area contributed by atoms with Gasteiger partial charge in [-0.1, -0.05) is 208 Å². The van der Waals surface area contributed by atoms with E-state index < -0.39 is 0 Å². The van der Waals surface area contributed by atoms with Crippen LogP contribution in [-0.2, 0) is 6.42 Å². The second-order valence-corrected chi connectivity index (χ2v) is 19.8. The van der Waals surface area contributed by atoms with Crippen LogP contribution in [0, 0.1) is 27.7 Å². The maximum Gasteiger partial charge on any atom is 0.159 e. The fourth-order valence-electron chi connectivity index (χ4n) is 10.8. The summed E-state index contributed by atoms with van der Waals surface area (Å²) in [4.78, 5) is 2.43. The molecule has 11 aromatic rings. The molecule has 76 heavy (non-hydrogen) atoms. The van der Waals surface area contributed by atoms with Gasteiger partial charge < -0.3 is 19.7 Å². The Balaban J connectivity index is 0.000000253. The molecule has 11 rings (SSSR count). The standard InChI is InChI=1S/C51H40N2O.C21H24O/c1-5-34-13-7-8-14-37(34)38-15-10-16-39-40-17-11-19-47(51(40)54-50(38)39)53(45-28-20-31(2)30-33(45)4)46-29-24-36-21-25-41-44(52-43-18-9-6-12-32(43)3)27-23-35-22-26-42(46)49(36)48(35)41;1-6-7-14-21(19(5)22)18(4)13-10-12-17(3)20-15-9-8-11-16(20)2/h6-30,52H,5H2,1-4H3;6-15,22H,1,4H2,2-3,5H3/b;13-10-,14-7-,17-12+,21-19-. The lowest BCUT2D eigenvalue weighted by atomic mass is 9.92. The number of aliphatic hydroxyl groups excluding tert-OH is 1. The summed E-state index contributed by atoms with van der Waals surface area (Å²) < 4.78 is 7.11. The van der Waals surface area contributed by atoms with Crippen LogP contribution in [0.2, 0.25) is 0 Å². The molecule has 0 spiro atoms. The lowest BCUT2D eigenvalue weighted by molar-refractivity contribution is 0.410. The number of hydrogen-bond donors (Lipinski definition) is 2. The van der Waals surface area contributed by atoms with E-state index >= 15 is 0 Å². The minimum absolute atomic E-state index is 0.243. The fraction of sp³-hybridized carbons (Fsp3) is 0.111. The number of anilines is 5. The molecule has 1 heterocycles. The number of hydrogen-bond acceptors (Lipinski definition) is 4. The smallest absolute Gasteiger partial charge is 0.159 e. The van der Waals surface area contributed by atoms with Gasteiger partial charge in [0.05, 0.1) is 17.1 Å². The molecule has 0 aliphatic rings. The van der Waals surface area contributed by atoms with E-state index in [1.165, 1.54) is 76.8 Å². The maximum absolute atomic E-state index is 9.72. The Kier molecular flexibility index (Phi) is 14.4. The third-order valence-corrected chi connectivity index (χ3v) is 14.7. The van der Waals surface area contributed by atoms with Gasteiger partial charge in [0, 0.05) is 49.7 Å². The maximum atomic E-state index is 9.72. The van der Waals surface area contributed by atoms with Crippen LogP contribution in [0.3, 0.4) is 0 Å². The molecule has 2 N–H and O–H groups in total. The van der Waals surface area contributed by atoms with Gasteiger partial charge in [-0.05, 0) is 144 Å². The highest BCUT2D eigenvalue weighted by atomic mass is 16.3. The summed E-state index contributed by atoms with van der Waals surface area (Å²) in [7, 11) is 0. The average molecular weight is 989 g/mol. The van der Waals surface area contributed by atoms with Gasteiger partial charge in [0.1, 0.15) is 5.58 Å². The van der Waals surface area contributed by atoms with Gasteiger partial charge in [-0.2, -0.15) is 0 Å². The third-order valence-electron chi connectivity index (χ3n) is 14.7. The van der Waals surface area contributed by atoms with E-state index in [0.29, 0.717) is 5.57 Å². The topological polar surface area (TPSA) is 48.6 Å². The molecule has 0 bridgehead atoms. The third kappa shape index (κ3) is 9.74. The van der Waals surface area contributed by atoms with Crippen LogP contribution < -0.4 is 10.2 Å². The monoisotopic (exact) mass is 988 g/mol. The minimum Gasteiger partial charge on any atom is -0.512 e. The first-order valence-corrected chi connectivity index (χ1v) is 26.2. The SMILES string of the molecule is C=C/C=C\C(C(=C)/C=C\C=C(/C)c1ccccc1C)=C(/C)O.CCc1ccccc1-c1cccc2c1oc1c(N(c3ccc(C)cc3C)c3ccc4ccc5c(Nc6ccccc6C)ccc6ccc3c4c65)cccc12. The van der Waals surface area contributed by atoms with Crippen molar-refractivity contribution >= 4 is 88.3 Å².